The Morgan fingerprint density at radius 1 is 0.660 bits per heavy atom. The Hall–Kier alpha value is -9.05. The van der Waals surface area contributed by atoms with E-state index in [2.05, 4.69) is 73.4 Å². The summed E-state index contributed by atoms with van der Waals surface area (Å²) in [6.07, 6.45) is -0.0833. The number of hydrogen-bond acceptors (Lipinski definition) is 21. The van der Waals surface area contributed by atoms with Gasteiger partial charge in [-0.1, -0.05) is 105 Å². The van der Waals surface area contributed by atoms with E-state index in [1.54, 1.807) is 71.9 Å². The summed E-state index contributed by atoms with van der Waals surface area (Å²) in [6, 6.07) is -8.63. The number of primary amides is 1. The van der Waals surface area contributed by atoms with Gasteiger partial charge >= 0.3 is 0 Å². The number of nitrogens with two attached hydrogens (primary N) is 3. The van der Waals surface area contributed by atoms with Gasteiger partial charge in [0, 0.05) is 55.4 Å². The van der Waals surface area contributed by atoms with Gasteiger partial charge in [0.15, 0.2) is 0 Å². The van der Waals surface area contributed by atoms with Gasteiger partial charge in [-0.15, -0.1) is 11.8 Å². The fourth-order valence-corrected chi connectivity index (χ4v) is 12.0. The van der Waals surface area contributed by atoms with Gasteiger partial charge < -0.3 is 100 Å². The predicted molar refractivity (Wildman–Crippen MR) is 364 cm³/mol. The number of carbonyl (C=O) groups excluding carboxylic acids is 14. The van der Waals surface area contributed by atoms with E-state index >= 15 is 0 Å². The number of aliphatic carboxylic acids is 2. The lowest BCUT2D eigenvalue weighted by Crippen LogP contribution is -2.62. The molecule has 0 spiro atoms. The molecule has 1 saturated heterocycles. The highest BCUT2D eigenvalue weighted by molar-refractivity contribution is 8.14. The molecule has 12 amide bonds. The van der Waals surface area contributed by atoms with E-state index in [1.807, 2.05) is 13.8 Å². The van der Waals surface area contributed by atoms with Crippen LogP contribution in [0, 0.1) is 23.7 Å². The third-order valence-corrected chi connectivity index (χ3v) is 18.6. The molecule has 0 bridgehead atoms. The summed E-state index contributed by atoms with van der Waals surface area (Å²) in [7, 11) is 0. The highest BCUT2D eigenvalue weighted by Crippen LogP contribution is 2.25. The summed E-state index contributed by atoms with van der Waals surface area (Å²) in [6.45, 7) is 14.0. The highest BCUT2D eigenvalue weighted by atomic mass is 32.2. The van der Waals surface area contributed by atoms with Crippen molar-refractivity contribution in [3.8, 4) is 0 Å². The van der Waals surface area contributed by atoms with Crippen molar-refractivity contribution in [2.45, 2.75) is 224 Å². The minimum atomic E-state index is -2.01. The number of benzene rings is 1. The molecule has 0 saturated carbocycles. The van der Waals surface area contributed by atoms with Crippen LogP contribution in [-0.2, 0) is 80.0 Å². The minimum absolute atomic E-state index is 0.00730. The highest BCUT2D eigenvalue weighted by Gasteiger charge is 2.39. The first-order valence-electron chi connectivity index (χ1n) is 34.1. The molecular weight excluding hydrogens is 1320 g/mol. The molecule has 2 aliphatic rings. The van der Waals surface area contributed by atoms with Crippen LogP contribution in [0.1, 0.15) is 150 Å². The Morgan fingerprint density at radius 2 is 1.26 bits per heavy atom. The van der Waals surface area contributed by atoms with Gasteiger partial charge in [-0.2, -0.15) is 0 Å². The van der Waals surface area contributed by atoms with E-state index in [-0.39, 0.29) is 101 Å². The van der Waals surface area contributed by atoms with Crippen molar-refractivity contribution in [3.05, 3.63) is 54.1 Å². The quantitative estimate of drug-likeness (QED) is 0.0339. The number of aliphatic imine (C=N–C) groups is 1. The van der Waals surface area contributed by atoms with Crippen molar-refractivity contribution in [3.63, 3.8) is 0 Å². The van der Waals surface area contributed by atoms with Crippen LogP contribution in [0.4, 0.5) is 0 Å². The van der Waals surface area contributed by atoms with E-state index in [0.29, 0.717) is 10.6 Å². The predicted octanol–water partition coefficient (Wildman–Crippen LogP) is -4.35. The number of imidazole rings is 1. The van der Waals surface area contributed by atoms with Gasteiger partial charge in [-0.3, -0.25) is 62.5 Å². The summed E-state index contributed by atoms with van der Waals surface area (Å²) in [5.74, 6) is -16.2. The first-order valence-corrected chi connectivity index (χ1v) is 35.0. The molecule has 3 unspecified atom stereocenters. The molecule has 1 aromatic carbocycles. The molecule has 3 heterocycles. The first kappa shape index (κ1) is 83.4. The summed E-state index contributed by atoms with van der Waals surface area (Å²) < 4.78 is 0. The van der Waals surface area contributed by atoms with Gasteiger partial charge in [0.05, 0.1) is 23.8 Å². The SMILES string of the molecule is CCC(C)C(N)C1=NC(C(=O)N[C@@H](CC(C)C)C(=O)N[C@H](CCC(=O)[O-])C(=O)N[C@H](C(=O)N[C@H]2CCCCNC(=O)[C@H](CC(N)=O)NC(=O)[C@@H](CC(=O)[O-])NC(=O)[C@H](Cc3cnc[nH]3)NC(=O)[C@@H](Cc3ccccc3)NC(=O)[C@H]([C@@H](C)CC)NC(=O)[C@@H](CCCN)NC2=O)[C@@H](C)CC)CS1. The zero-order valence-corrected chi connectivity index (χ0v) is 58.9. The average Bonchev–Trinajstić information content (AvgIpc) is 1.37. The second kappa shape index (κ2) is 42.1. The molecule has 18 N–H and O–H groups in total. The maximum Gasteiger partial charge on any atom is 0.246 e. The summed E-state index contributed by atoms with van der Waals surface area (Å²) in [5, 5.41) is 53.2. The van der Waals surface area contributed by atoms with Crippen molar-refractivity contribution >= 4 is 99.6 Å². The van der Waals surface area contributed by atoms with E-state index in [9.17, 15) is 77.3 Å². The molecule has 2 aromatic rings. The van der Waals surface area contributed by atoms with Crippen LogP contribution in [0.5, 0.6) is 0 Å². The maximum absolute atomic E-state index is 14.9. The fraction of sp³-hybridized carbons (Fsp3) is 0.636. The first-order chi connectivity index (χ1) is 47.4. The summed E-state index contributed by atoms with van der Waals surface area (Å²) >= 11 is 1.34. The number of aromatic nitrogens is 2. The standard InChI is InChI=1S/C66H103N17O16S/c1-9-35(6)52(69)66-81-48(32-100-66)63(97)76-43(26-34(4)5)59(93)74-42(22-23-50(85)86)58(92)83-53(36(7)10-2)64(98)75-40-20-15-16-25-71-55(89)46(29-49(68)84)78-62(96)47(30-51(87)88)79-61(95)45(28-39-31-70-33-72-39)77-60(94)44(27-38-18-13-12-14-19-38)80-65(99)54(37(8)11-3)82-57(91)41(21-17-24-67)73-56(40)90/h12-14,18-19,31,33-37,40-48,52-54H,9-11,15-17,20-30,32,67,69H2,1-8H3,(H2,68,84)(H,70,72)(H,71,89)(H,73,90)(H,74,93)(H,75,98)(H,76,97)(H,77,94)(H,78,96)(H,79,95)(H,80,99)(H,82,91)(H,83,92)(H,85,86)(H,87,88)/p-2/t35?,36-,37-,40-,41+,42+,43-,44+,45-,46-,47+,48?,52?,53-,54-/m0/s1. The lowest BCUT2D eigenvalue weighted by atomic mass is 9.96. The minimum Gasteiger partial charge on any atom is -0.550 e. The molecule has 554 valence electrons. The van der Waals surface area contributed by atoms with E-state index in [0.717, 1.165) is 6.42 Å². The molecule has 100 heavy (non-hydrogen) atoms. The Labute approximate surface area is 586 Å². The number of nitrogens with one attached hydrogen (secondary N) is 12. The maximum atomic E-state index is 14.9. The normalized spacial score (nSPS) is 23.1. The Bertz CT molecular complexity index is 3160. The topological polar surface area (TPSA) is 537 Å². The number of nitrogens with zero attached hydrogens (tertiary/aromatic N) is 2. The molecule has 0 aliphatic carbocycles. The smallest absolute Gasteiger partial charge is 0.246 e. The molecular formula is C66H101N17O16S-2. The Kier molecular flexibility index (Phi) is 35.1. The molecule has 15 atom stereocenters. The van der Waals surface area contributed by atoms with Crippen LogP contribution in [0.15, 0.2) is 47.8 Å². The number of hydrogen-bond donors (Lipinski definition) is 15. The lowest BCUT2D eigenvalue weighted by Gasteiger charge is -2.30. The van der Waals surface area contributed by atoms with Crippen molar-refractivity contribution < 1.29 is 77.3 Å². The van der Waals surface area contributed by atoms with Crippen LogP contribution in [0.2, 0.25) is 0 Å². The van der Waals surface area contributed by atoms with E-state index < -0.39 is 193 Å². The molecule has 1 fully saturated rings. The molecule has 1 aromatic heterocycles. The van der Waals surface area contributed by atoms with Crippen molar-refractivity contribution in [2.24, 2.45) is 45.9 Å². The van der Waals surface area contributed by atoms with Crippen LogP contribution >= 0.6 is 11.8 Å². The van der Waals surface area contributed by atoms with Crippen LogP contribution in [0.3, 0.4) is 0 Å². The second-order valence-corrected chi connectivity index (χ2v) is 27.0. The zero-order valence-electron chi connectivity index (χ0n) is 58.1. The van der Waals surface area contributed by atoms with Gasteiger partial charge in [0.1, 0.15) is 66.5 Å². The Balaban J connectivity index is 1.77. The number of carboxylic acids is 2. The van der Waals surface area contributed by atoms with Crippen molar-refractivity contribution in [2.75, 3.05) is 18.8 Å². The molecule has 34 heteroatoms. The molecule has 0 radical (unpaired) electrons. The Morgan fingerprint density at radius 3 is 1.85 bits per heavy atom. The van der Waals surface area contributed by atoms with Crippen LogP contribution in [0.25, 0.3) is 0 Å². The molecule has 2 aliphatic heterocycles. The number of aromatic amines is 1. The largest absolute Gasteiger partial charge is 0.550 e. The number of thioether (sulfide) groups is 1. The van der Waals surface area contributed by atoms with Crippen molar-refractivity contribution in [1.29, 1.82) is 0 Å². The summed E-state index contributed by atoms with van der Waals surface area (Å²) in [5.41, 5.74) is 18.7. The third kappa shape index (κ3) is 27.6. The van der Waals surface area contributed by atoms with Crippen molar-refractivity contribution in [1.82, 2.24) is 68.5 Å². The third-order valence-electron chi connectivity index (χ3n) is 17.5. The number of carboxylic acid groups (broad SMARTS) is 2. The number of H-pyrrole nitrogens is 1. The number of amides is 12. The monoisotopic (exact) mass is 1420 g/mol. The lowest BCUT2D eigenvalue weighted by molar-refractivity contribution is -0.307. The van der Waals surface area contributed by atoms with Gasteiger partial charge in [0.25, 0.3) is 0 Å². The van der Waals surface area contributed by atoms with Gasteiger partial charge in [0.2, 0.25) is 70.9 Å². The van der Waals surface area contributed by atoms with Gasteiger partial charge in [-0.05, 0) is 87.1 Å². The van der Waals surface area contributed by atoms with Gasteiger partial charge in [-0.25, -0.2) is 4.98 Å². The van der Waals surface area contributed by atoms with E-state index in [4.69, 9.17) is 17.2 Å². The van der Waals surface area contributed by atoms with Crippen LogP contribution < -0.4 is 85.9 Å². The van der Waals surface area contributed by atoms with E-state index in [1.165, 1.54) is 24.3 Å². The fourth-order valence-electron chi connectivity index (χ4n) is 10.8. The molecule has 4 rings (SSSR count). The number of carbonyl (C=O) groups is 14. The average molecular weight is 1420 g/mol. The number of rotatable bonds is 31. The second-order valence-electron chi connectivity index (χ2n) is 25.9. The van der Waals surface area contributed by atoms with Crippen LogP contribution in [-0.4, -0.2) is 189 Å². The summed E-state index contributed by atoms with van der Waals surface area (Å²) in [4.78, 5) is 206. The zero-order chi connectivity index (χ0) is 74.3. The molecule has 33 nitrogen and oxygen atoms in total.